The Morgan fingerprint density at radius 2 is 2.04 bits per heavy atom. The molecule has 1 aromatic carbocycles. The fourth-order valence-corrected chi connectivity index (χ4v) is 3.43. The van der Waals surface area contributed by atoms with Gasteiger partial charge in [-0.1, -0.05) is 31.0 Å². The van der Waals surface area contributed by atoms with Gasteiger partial charge in [-0.15, -0.1) is 0 Å². The molecule has 0 bridgehead atoms. The van der Waals surface area contributed by atoms with E-state index in [0.29, 0.717) is 0 Å². The normalized spacial score (nSPS) is 20.7. The number of nitrogens with one attached hydrogen (secondary N) is 3. The largest absolute Gasteiger partial charge is 0.396 e. The average molecular weight is 329 g/mol. The van der Waals surface area contributed by atoms with Crippen LogP contribution in [-0.2, 0) is 6.54 Å². The van der Waals surface area contributed by atoms with Gasteiger partial charge in [0.2, 0.25) is 5.56 Å². The molecule has 2 atom stereocenters. The monoisotopic (exact) mass is 329 g/mol. The van der Waals surface area contributed by atoms with E-state index >= 15 is 0 Å². The predicted molar refractivity (Wildman–Crippen MR) is 92.8 cm³/mol. The number of rotatable bonds is 4. The van der Waals surface area contributed by atoms with Gasteiger partial charge in [-0.3, -0.25) is 4.79 Å². The summed E-state index contributed by atoms with van der Waals surface area (Å²) in [6.07, 6.45) is 4.01. The number of hydrogen-bond donors (Lipinski definition) is 4. The lowest BCUT2D eigenvalue weighted by molar-refractivity contribution is 0.153. The molecule has 2 aromatic rings. The molecule has 0 aliphatic heterocycles. The number of aromatic amines is 1. The minimum absolute atomic E-state index is 0.0136. The topological polar surface area (TPSA) is 94.2 Å². The number of aromatic nitrogens is 1. The Hall–Kier alpha value is -2.34. The Kier molecular flexibility index (Phi) is 5.15. The highest BCUT2D eigenvalue weighted by Gasteiger charge is 2.25. The zero-order valence-corrected chi connectivity index (χ0v) is 13.5. The zero-order chi connectivity index (χ0) is 16.9. The Bertz CT molecular complexity index is 771. The first-order valence-electron chi connectivity index (χ1n) is 8.43. The van der Waals surface area contributed by atoms with E-state index in [2.05, 4.69) is 15.6 Å². The highest BCUT2D eigenvalue weighted by Crippen LogP contribution is 2.23. The molecule has 0 saturated heterocycles. The van der Waals surface area contributed by atoms with E-state index in [1.165, 1.54) is 6.07 Å². The second kappa shape index (κ2) is 7.49. The fourth-order valence-electron chi connectivity index (χ4n) is 3.43. The highest BCUT2D eigenvalue weighted by atomic mass is 16.3. The van der Waals surface area contributed by atoms with Crippen LogP contribution in [0.4, 0.5) is 4.79 Å². The number of para-hydroxylation sites is 1. The summed E-state index contributed by atoms with van der Waals surface area (Å²) in [6.45, 7) is 0.385. The van der Waals surface area contributed by atoms with Gasteiger partial charge in [0, 0.05) is 42.1 Å². The van der Waals surface area contributed by atoms with Crippen LogP contribution < -0.4 is 16.2 Å². The lowest BCUT2D eigenvalue weighted by Gasteiger charge is -2.30. The maximum absolute atomic E-state index is 12.2. The maximum Gasteiger partial charge on any atom is 0.315 e. The van der Waals surface area contributed by atoms with Crippen molar-refractivity contribution in [3.8, 4) is 0 Å². The van der Waals surface area contributed by atoms with Gasteiger partial charge in [0.25, 0.3) is 0 Å². The molecule has 2 amide bonds. The van der Waals surface area contributed by atoms with Crippen molar-refractivity contribution in [2.75, 3.05) is 6.61 Å². The Morgan fingerprint density at radius 3 is 2.88 bits per heavy atom. The van der Waals surface area contributed by atoms with Crippen LogP contribution in [0.15, 0.2) is 35.1 Å². The molecule has 0 spiro atoms. The van der Waals surface area contributed by atoms with Crippen LogP contribution in [0.3, 0.4) is 0 Å². The Morgan fingerprint density at radius 1 is 1.25 bits per heavy atom. The molecule has 6 heteroatoms. The smallest absolute Gasteiger partial charge is 0.315 e. The van der Waals surface area contributed by atoms with E-state index in [0.717, 1.165) is 42.1 Å². The molecule has 1 fully saturated rings. The summed E-state index contributed by atoms with van der Waals surface area (Å²) < 4.78 is 0. The zero-order valence-electron chi connectivity index (χ0n) is 13.5. The quantitative estimate of drug-likeness (QED) is 0.690. The number of carbonyl (C=O) groups is 1. The van der Waals surface area contributed by atoms with Crippen molar-refractivity contribution in [1.82, 2.24) is 15.6 Å². The summed E-state index contributed by atoms with van der Waals surface area (Å²) in [5.74, 6) is 0.130. The molecule has 1 aromatic heterocycles. The highest BCUT2D eigenvalue weighted by molar-refractivity contribution is 5.82. The lowest BCUT2D eigenvalue weighted by atomic mass is 9.85. The Balaban J connectivity index is 1.65. The molecule has 1 aliphatic carbocycles. The third-order valence-electron chi connectivity index (χ3n) is 4.74. The van der Waals surface area contributed by atoms with Crippen LogP contribution in [0.1, 0.15) is 31.2 Å². The number of benzene rings is 1. The summed E-state index contributed by atoms with van der Waals surface area (Å²) in [5.41, 5.74) is 1.36. The van der Waals surface area contributed by atoms with Gasteiger partial charge in [0.05, 0.1) is 0 Å². The number of carbonyl (C=O) groups excluding carboxylic acids is 1. The van der Waals surface area contributed by atoms with Crippen LogP contribution in [-0.4, -0.2) is 28.8 Å². The van der Waals surface area contributed by atoms with E-state index in [-0.39, 0.29) is 36.7 Å². The van der Waals surface area contributed by atoms with Crippen molar-refractivity contribution in [2.24, 2.45) is 5.92 Å². The SMILES string of the molecule is O=C(NCc1cc(=O)[nH]c2ccccc12)NC1CCCCC1CO. The first kappa shape index (κ1) is 16.5. The predicted octanol–water partition coefficient (Wildman–Crippen LogP) is 1.88. The molecule has 3 rings (SSSR count). The molecule has 0 radical (unpaired) electrons. The fraction of sp³-hybridized carbons (Fsp3) is 0.444. The van der Waals surface area contributed by atoms with E-state index in [1.54, 1.807) is 0 Å². The molecule has 4 N–H and O–H groups in total. The van der Waals surface area contributed by atoms with Crippen molar-refractivity contribution in [3.63, 3.8) is 0 Å². The van der Waals surface area contributed by atoms with Crippen LogP contribution in [0.5, 0.6) is 0 Å². The van der Waals surface area contributed by atoms with Crippen molar-refractivity contribution in [3.05, 3.63) is 46.2 Å². The van der Waals surface area contributed by atoms with Crippen LogP contribution in [0.25, 0.3) is 10.9 Å². The molecule has 6 nitrogen and oxygen atoms in total. The van der Waals surface area contributed by atoms with Gasteiger partial charge in [0.1, 0.15) is 0 Å². The summed E-state index contributed by atoms with van der Waals surface area (Å²) >= 11 is 0. The minimum Gasteiger partial charge on any atom is -0.396 e. The van der Waals surface area contributed by atoms with Crippen LogP contribution in [0, 0.1) is 5.92 Å². The number of H-pyrrole nitrogens is 1. The number of amides is 2. The van der Waals surface area contributed by atoms with Crippen LogP contribution in [0.2, 0.25) is 0 Å². The van der Waals surface area contributed by atoms with Gasteiger partial charge < -0.3 is 20.7 Å². The summed E-state index contributed by atoms with van der Waals surface area (Å²) in [4.78, 5) is 26.7. The molecule has 128 valence electrons. The van der Waals surface area contributed by atoms with E-state index in [1.807, 2.05) is 24.3 Å². The van der Waals surface area contributed by atoms with E-state index < -0.39 is 0 Å². The first-order valence-corrected chi connectivity index (χ1v) is 8.43. The number of hydrogen-bond acceptors (Lipinski definition) is 3. The molecule has 1 aliphatic rings. The maximum atomic E-state index is 12.2. The van der Waals surface area contributed by atoms with Gasteiger partial charge in [-0.2, -0.15) is 0 Å². The molecule has 2 unspecified atom stereocenters. The summed E-state index contributed by atoms with van der Waals surface area (Å²) in [6, 6.07) is 8.79. The van der Waals surface area contributed by atoms with Gasteiger partial charge in [-0.05, 0) is 24.5 Å². The van der Waals surface area contributed by atoms with Gasteiger partial charge in [-0.25, -0.2) is 4.79 Å². The second-order valence-corrected chi connectivity index (χ2v) is 6.37. The lowest BCUT2D eigenvalue weighted by Crippen LogP contribution is -2.47. The Labute approximate surface area is 140 Å². The van der Waals surface area contributed by atoms with Crippen molar-refractivity contribution in [1.29, 1.82) is 0 Å². The number of aliphatic hydroxyl groups excluding tert-OH is 1. The van der Waals surface area contributed by atoms with E-state index in [9.17, 15) is 14.7 Å². The van der Waals surface area contributed by atoms with Gasteiger partial charge >= 0.3 is 6.03 Å². The third-order valence-corrected chi connectivity index (χ3v) is 4.74. The van der Waals surface area contributed by atoms with Crippen molar-refractivity contribution in [2.45, 2.75) is 38.3 Å². The molecule has 1 heterocycles. The van der Waals surface area contributed by atoms with Crippen LogP contribution >= 0.6 is 0 Å². The molecular formula is C18H23N3O3. The summed E-state index contributed by atoms with van der Waals surface area (Å²) in [7, 11) is 0. The first-order chi connectivity index (χ1) is 11.7. The number of fused-ring (bicyclic) bond motifs is 1. The summed E-state index contributed by atoms with van der Waals surface area (Å²) in [5, 5.41) is 16.1. The number of pyridine rings is 1. The second-order valence-electron chi connectivity index (χ2n) is 6.37. The number of aliphatic hydroxyl groups is 1. The molecular weight excluding hydrogens is 306 g/mol. The number of urea groups is 1. The van der Waals surface area contributed by atoms with Crippen molar-refractivity contribution >= 4 is 16.9 Å². The standard InChI is InChI=1S/C18H23N3O3/c22-11-12-5-1-3-7-15(12)21-18(24)19-10-13-9-17(23)20-16-8-4-2-6-14(13)16/h2,4,6,8-9,12,15,22H,1,3,5,7,10-11H2,(H,20,23)(H2,19,21,24). The minimum atomic E-state index is -0.260. The average Bonchev–Trinajstić information content (AvgIpc) is 2.60. The van der Waals surface area contributed by atoms with E-state index in [4.69, 9.17) is 0 Å². The van der Waals surface area contributed by atoms with Crippen molar-refractivity contribution < 1.29 is 9.90 Å². The van der Waals surface area contributed by atoms with Gasteiger partial charge in [0.15, 0.2) is 0 Å². The molecule has 1 saturated carbocycles. The molecule has 24 heavy (non-hydrogen) atoms. The third kappa shape index (κ3) is 3.76.